The maximum atomic E-state index is 13.5. The highest BCUT2D eigenvalue weighted by atomic mass is 32.2. The Kier molecular flexibility index (Phi) is 5.85. The Balaban J connectivity index is 1.75. The third-order valence-electron chi connectivity index (χ3n) is 5.75. The number of sulfonamides is 1. The van der Waals surface area contributed by atoms with Crippen molar-refractivity contribution in [3.8, 4) is 0 Å². The van der Waals surface area contributed by atoms with Crippen molar-refractivity contribution in [2.45, 2.75) is 11.8 Å². The summed E-state index contributed by atoms with van der Waals surface area (Å²) in [5, 5.41) is 5.14. The Morgan fingerprint density at radius 1 is 0.906 bits per heavy atom. The van der Waals surface area contributed by atoms with Gasteiger partial charge in [-0.15, -0.1) is 0 Å². The van der Waals surface area contributed by atoms with Gasteiger partial charge < -0.3 is 9.80 Å². The van der Waals surface area contributed by atoms with Gasteiger partial charge in [0, 0.05) is 26.2 Å². The van der Waals surface area contributed by atoms with E-state index in [1.165, 1.54) is 48.5 Å². The van der Waals surface area contributed by atoms with Crippen LogP contribution >= 0.6 is 0 Å². The number of imide groups is 1. The number of likely N-dealkylation sites (N-methyl/N-ethyl adjacent to an activating group) is 1. The molecule has 1 fully saturated rings. The minimum atomic E-state index is -3.91. The average Bonchev–Trinajstić information content (AvgIpc) is 3.04. The van der Waals surface area contributed by atoms with Gasteiger partial charge in [0.15, 0.2) is 0 Å². The maximum Gasteiger partial charge on any atom is 0.282 e. The smallest absolute Gasteiger partial charge is 0.282 e. The molecular formula is C22H23FN4O4S. The van der Waals surface area contributed by atoms with Gasteiger partial charge in [-0.05, 0) is 48.5 Å². The molecule has 0 spiro atoms. The molecule has 1 saturated heterocycles. The third-order valence-corrected chi connectivity index (χ3v) is 6.68. The Bertz CT molecular complexity index is 1190. The first-order chi connectivity index (χ1) is 15.2. The fourth-order valence-corrected chi connectivity index (χ4v) is 4.51. The predicted octanol–water partition coefficient (Wildman–Crippen LogP) is 1.40. The van der Waals surface area contributed by atoms with Crippen LogP contribution in [-0.2, 0) is 19.6 Å². The molecule has 2 heterocycles. The van der Waals surface area contributed by atoms with E-state index in [0.29, 0.717) is 18.7 Å². The molecule has 0 unspecified atom stereocenters. The highest BCUT2D eigenvalue weighted by Crippen LogP contribution is 2.35. The average molecular weight is 459 g/mol. The SMILES string of the molecule is CCN1CCN(C2=C(c3ccc(F)cc3)C(=O)N(c3ccc(S(N)(=O)=O)cc3)C2=O)CC1. The molecule has 2 aliphatic heterocycles. The van der Waals surface area contributed by atoms with Crippen molar-refractivity contribution in [1.82, 2.24) is 9.80 Å². The summed E-state index contributed by atoms with van der Waals surface area (Å²) in [6.45, 7) is 5.61. The Morgan fingerprint density at radius 3 is 2.03 bits per heavy atom. The highest BCUT2D eigenvalue weighted by molar-refractivity contribution is 7.89. The molecule has 0 radical (unpaired) electrons. The fraction of sp³-hybridized carbons (Fsp3) is 0.273. The second-order valence-corrected chi connectivity index (χ2v) is 9.20. The summed E-state index contributed by atoms with van der Waals surface area (Å²) in [5.41, 5.74) is 1.15. The number of carbonyl (C=O) groups is 2. The summed E-state index contributed by atoms with van der Waals surface area (Å²) in [5.74, 6) is -1.49. The van der Waals surface area contributed by atoms with Crippen molar-refractivity contribution in [3.05, 3.63) is 65.6 Å². The standard InChI is InChI=1S/C22H23FN4O4S/c1-2-25-11-13-26(14-12-25)20-19(15-3-5-16(23)6-4-15)21(28)27(22(20)29)17-7-9-18(10-8-17)32(24,30)31/h3-10H,2,11-14H2,1H3,(H2,24,30,31). The lowest BCUT2D eigenvalue weighted by molar-refractivity contribution is -0.120. The number of nitrogens with zero attached hydrogens (tertiary/aromatic N) is 3. The zero-order valence-electron chi connectivity index (χ0n) is 17.5. The number of halogens is 1. The zero-order valence-corrected chi connectivity index (χ0v) is 18.3. The minimum absolute atomic E-state index is 0.122. The summed E-state index contributed by atoms with van der Waals surface area (Å²) in [6, 6.07) is 10.7. The molecule has 2 aromatic rings. The van der Waals surface area contributed by atoms with E-state index < -0.39 is 27.7 Å². The lowest BCUT2D eigenvalue weighted by Crippen LogP contribution is -2.47. The molecule has 2 aliphatic rings. The molecule has 2 amide bonds. The topological polar surface area (TPSA) is 104 Å². The molecule has 2 N–H and O–H groups in total. The van der Waals surface area contributed by atoms with E-state index in [1.54, 1.807) is 0 Å². The number of carbonyl (C=O) groups excluding carboxylic acids is 2. The third kappa shape index (κ3) is 4.04. The predicted molar refractivity (Wildman–Crippen MR) is 117 cm³/mol. The van der Waals surface area contributed by atoms with Crippen molar-refractivity contribution < 1.29 is 22.4 Å². The van der Waals surface area contributed by atoms with E-state index in [0.717, 1.165) is 24.5 Å². The largest absolute Gasteiger partial charge is 0.364 e. The van der Waals surface area contributed by atoms with Gasteiger partial charge in [-0.1, -0.05) is 19.1 Å². The summed E-state index contributed by atoms with van der Waals surface area (Å²) < 4.78 is 36.6. The van der Waals surface area contributed by atoms with Crippen LogP contribution < -0.4 is 10.0 Å². The molecular weight excluding hydrogens is 435 g/mol. The van der Waals surface area contributed by atoms with Crippen LogP contribution in [0.15, 0.2) is 59.1 Å². The number of nitrogens with two attached hydrogens (primary N) is 1. The van der Waals surface area contributed by atoms with Crippen molar-refractivity contribution in [2.24, 2.45) is 5.14 Å². The van der Waals surface area contributed by atoms with Crippen LogP contribution in [0.3, 0.4) is 0 Å². The Hall–Kier alpha value is -3.08. The molecule has 0 aromatic heterocycles. The first kappa shape index (κ1) is 22.1. The lowest BCUT2D eigenvalue weighted by Gasteiger charge is -2.36. The van der Waals surface area contributed by atoms with Crippen molar-refractivity contribution in [1.29, 1.82) is 0 Å². The van der Waals surface area contributed by atoms with Gasteiger partial charge >= 0.3 is 0 Å². The first-order valence-corrected chi connectivity index (χ1v) is 11.7. The number of amides is 2. The second kappa shape index (κ2) is 8.45. The number of primary sulfonamides is 1. The number of hydrogen-bond donors (Lipinski definition) is 1. The molecule has 10 heteroatoms. The van der Waals surface area contributed by atoms with Gasteiger partial charge in [-0.25, -0.2) is 22.8 Å². The Morgan fingerprint density at radius 2 is 1.50 bits per heavy atom. The van der Waals surface area contributed by atoms with Gasteiger partial charge in [-0.2, -0.15) is 0 Å². The lowest BCUT2D eigenvalue weighted by atomic mass is 10.0. The van der Waals surface area contributed by atoms with Crippen molar-refractivity contribution in [2.75, 3.05) is 37.6 Å². The number of anilines is 1. The van der Waals surface area contributed by atoms with Crippen LogP contribution in [0, 0.1) is 5.82 Å². The maximum absolute atomic E-state index is 13.5. The van der Waals surface area contributed by atoms with E-state index in [9.17, 15) is 22.4 Å². The minimum Gasteiger partial charge on any atom is -0.364 e. The molecule has 32 heavy (non-hydrogen) atoms. The number of hydrogen-bond acceptors (Lipinski definition) is 6. The van der Waals surface area contributed by atoms with Crippen LogP contribution in [0.5, 0.6) is 0 Å². The number of rotatable bonds is 5. The molecule has 0 atom stereocenters. The molecule has 0 aliphatic carbocycles. The second-order valence-electron chi connectivity index (χ2n) is 7.64. The summed E-state index contributed by atoms with van der Waals surface area (Å²) in [7, 11) is -3.91. The molecule has 0 bridgehead atoms. The summed E-state index contributed by atoms with van der Waals surface area (Å²) in [6.07, 6.45) is 0. The first-order valence-electron chi connectivity index (χ1n) is 10.2. The van der Waals surface area contributed by atoms with Gasteiger partial charge in [0.25, 0.3) is 11.8 Å². The molecule has 2 aromatic carbocycles. The van der Waals surface area contributed by atoms with Crippen LogP contribution in [0.2, 0.25) is 0 Å². The van der Waals surface area contributed by atoms with E-state index in [4.69, 9.17) is 5.14 Å². The zero-order chi connectivity index (χ0) is 23.0. The molecule has 168 valence electrons. The van der Waals surface area contributed by atoms with E-state index in [1.807, 2.05) is 4.90 Å². The number of benzene rings is 2. The van der Waals surface area contributed by atoms with Gasteiger partial charge in [0.1, 0.15) is 11.5 Å². The number of piperazine rings is 1. The summed E-state index contributed by atoms with van der Waals surface area (Å²) >= 11 is 0. The molecule has 8 nitrogen and oxygen atoms in total. The monoisotopic (exact) mass is 458 g/mol. The fourth-order valence-electron chi connectivity index (χ4n) is 4.00. The highest BCUT2D eigenvalue weighted by Gasteiger charge is 2.43. The van der Waals surface area contributed by atoms with Crippen LogP contribution in [-0.4, -0.2) is 62.8 Å². The van der Waals surface area contributed by atoms with E-state index >= 15 is 0 Å². The Labute approximate surface area is 185 Å². The quantitative estimate of drug-likeness (QED) is 0.680. The van der Waals surface area contributed by atoms with Gasteiger partial charge in [0.05, 0.1) is 16.2 Å². The van der Waals surface area contributed by atoms with Crippen LogP contribution in [0.25, 0.3) is 5.57 Å². The molecule has 4 rings (SSSR count). The van der Waals surface area contributed by atoms with Gasteiger partial charge in [-0.3, -0.25) is 9.59 Å². The van der Waals surface area contributed by atoms with Crippen molar-refractivity contribution >= 4 is 33.1 Å². The van der Waals surface area contributed by atoms with Gasteiger partial charge in [0.2, 0.25) is 10.0 Å². The van der Waals surface area contributed by atoms with Crippen LogP contribution in [0.4, 0.5) is 10.1 Å². The van der Waals surface area contributed by atoms with Crippen molar-refractivity contribution in [3.63, 3.8) is 0 Å². The molecule has 0 saturated carbocycles. The van der Waals surface area contributed by atoms with E-state index in [-0.39, 0.29) is 21.9 Å². The normalized spacial score (nSPS) is 18.1. The summed E-state index contributed by atoms with van der Waals surface area (Å²) in [4.78, 5) is 31.9. The van der Waals surface area contributed by atoms with Crippen LogP contribution in [0.1, 0.15) is 12.5 Å². The van der Waals surface area contributed by atoms with E-state index in [2.05, 4.69) is 11.8 Å².